The van der Waals surface area contributed by atoms with E-state index >= 15 is 0 Å². The summed E-state index contributed by atoms with van der Waals surface area (Å²) in [7, 11) is 0. The molecule has 1 heterocycles. The number of rotatable bonds is 7. The summed E-state index contributed by atoms with van der Waals surface area (Å²) < 4.78 is 14.4. The molecule has 10 heteroatoms. The zero-order valence-corrected chi connectivity index (χ0v) is 20.5. The Morgan fingerprint density at radius 1 is 1.32 bits per heavy atom. The second-order valence-corrected chi connectivity index (χ2v) is 10.5. The molecule has 1 aliphatic heterocycles. The average molecular weight is 508 g/mol. The Hall–Kier alpha value is -3.55. The fourth-order valence-electron chi connectivity index (χ4n) is 6.17. The van der Waals surface area contributed by atoms with E-state index in [9.17, 15) is 29.7 Å². The molecule has 5 rings (SSSR count). The van der Waals surface area contributed by atoms with Crippen LogP contribution in [0.15, 0.2) is 42.5 Å². The van der Waals surface area contributed by atoms with Crippen LogP contribution >= 0.6 is 0 Å². The van der Waals surface area contributed by atoms with Gasteiger partial charge in [0.1, 0.15) is 5.82 Å². The van der Waals surface area contributed by atoms with Gasteiger partial charge in [-0.25, -0.2) is 9.18 Å². The van der Waals surface area contributed by atoms with Crippen LogP contribution in [0, 0.1) is 33.2 Å². The molecule has 0 radical (unpaired) electrons. The number of nitriles is 1. The minimum absolute atomic E-state index is 0.0384. The van der Waals surface area contributed by atoms with Gasteiger partial charge in [-0.15, -0.1) is 0 Å². The second-order valence-electron chi connectivity index (χ2n) is 10.5. The van der Waals surface area contributed by atoms with Crippen molar-refractivity contribution in [3.05, 3.63) is 69.5 Å². The van der Waals surface area contributed by atoms with Crippen LogP contribution in [0.3, 0.4) is 0 Å². The van der Waals surface area contributed by atoms with E-state index < -0.39 is 16.8 Å². The number of nitro benzene ring substituents is 1. The number of aliphatic hydroxyl groups is 1. The third-order valence-electron chi connectivity index (χ3n) is 8.29. The van der Waals surface area contributed by atoms with E-state index in [-0.39, 0.29) is 28.9 Å². The summed E-state index contributed by atoms with van der Waals surface area (Å²) in [6.07, 6.45) is 3.78. The number of non-ortho nitro benzene ring substituents is 1. The Bertz CT molecular complexity index is 1250. The first-order chi connectivity index (χ1) is 17.8. The first-order valence-corrected chi connectivity index (χ1v) is 12.7. The number of nitrogens with zero attached hydrogens (tertiary/aromatic N) is 4. The molecule has 0 spiro atoms. The van der Waals surface area contributed by atoms with E-state index in [1.807, 2.05) is 12.1 Å². The average Bonchev–Trinajstić information content (AvgIpc) is 3.50. The molecule has 2 aliphatic carbocycles. The highest BCUT2D eigenvalue weighted by Gasteiger charge is 2.58. The van der Waals surface area contributed by atoms with Crippen LogP contribution in [0.5, 0.6) is 0 Å². The third kappa shape index (κ3) is 5.15. The van der Waals surface area contributed by atoms with E-state index in [4.69, 9.17) is 0 Å². The third-order valence-corrected chi connectivity index (χ3v) is 8.29. The minimum atomic E-state index is -0.733. The minimum Gasteiger partial charge on any atom is -0.392 e. The number of nitro groups is 1. The molecule has 2 aromatic carbocycles. The summed E-state index contributed by atoms with van der Waals surface area (Å²) in [5.41, 5.74) is 1.35. The number of fused-ring (bicyclic) bond motifs is 1. The smallest absolute Gasteiger partial charge is 0.322 e. The summed E-state index contributed by atoms with van der Waals surface area (Å²) in [5.74, 6) is -0.345. The number of β-amino-alcohol motifs (C(OH)–C–C–N with tert-alkyl or cyclic N) is 1. The second kappa shape index (κ2) is 10.1. The molecule has 0 aromatic heterocycles. The van der Waals surface area contributed by atoms with Gasteiger partial charge in [0.25, 0.3) is 5.69 Å². The van der Waals surface area contributed by atoms with Gasteiger partial charge in [0.2, 0.25) is 0 Å². The van der Waals surface area contributed by atoms with Crippen LogP contribution in [0.1, 0.15) is 43.2 Å². The molecule has 2 amide bonds. The maximum atomic E-state index is 14.4. The number of urea groups is 1. The van der Waals surface area contributed by atoms with Crippen molar-refractivity contribution in [2.75, 3.05) is 31.5 Å². The molecule has 4 atom stereocenters. The molecule has 3 fully saturated rings. The molecule has 1 unspecified atom stereocenters. The predicted octanol–water partition coefficient (Wildman–Crippen LogP) is 4.02. The summed E-state index contributed by atoms with van der Waals surface area (Å²) in [4.78, 5) is 27.8. The number of nitrogens with one attached hydrogen (secondary N) is 1. The van der Waals surface area contributed by atoms with Gasteiger partial charge in [-0.2, -0.15) is 5.26 Å². The van der Waals surface area contributed by atoms with Gasteiger partial charge >= 0.3 is 6.03 Å². The van der Waals surface area contributed by atoms with Crippen LogP contribution in [0.4, 0.5) is 20.6 Å². The number of likely N-dealkylation sites (tertiary alicyclic amines) is 1. The van der Waals surface area contributed by atoms with Crippen molar-refractivity contribution in [1.29, 1.82) is 5.26 Å². The monoisotopic (exact) mass is 507 g/mol. The van der Waals surface area contributed by atoms with E-state index in [1.165, 1.54) is 5.56 Å². The lowest BCUT2D eigenvalue weighted by atomic mass is 9.80. The Morgan fingerprint density at radius 3 is 2.86 bits per heavy atom. The molecule has 2 aromatic rings. The van der Waals surface area contributed by atoms with Crippen molar-refractivity contribution in [3.63, 3.8) is 0 Å². The highest BCUT2D eigenvalue weighted by atomic mass is 19.1. The molecule has 1 saturated heterocycles. The van der Waals surface area contributed by atoms with Gasteiger partial charge in [0.15, 0.2) is 0 Å². The maximum Gasteiger partial charge on any atom is 0.322 e. The maximum absolute atomic E-state index is 14.4. The van der Waals surface area contributed by atoms with Crippen LogP contribution in [0.25, 0.3) is 0 Å². The molecular weight excluding hydrogens is 477 g/mol. The van der Waals surface area contributed by atoms with Gasteiger partial charge in [-0.1, -0.05) is 12.1 Å². The van der Waals surface area contributed by atoms with Crippen molar-refractivity contribution < 1.29 is 19.2 Å². The highest BCUT2D eigenvalue weighted by Crippen LogP contribution is 2.62. The molecule has 2 N–H and O–H groups in total. The quantitative estimate of drug-likeness (QED) is 0.431. The first-order valence-electron chi connectivity index (χ1n) is 12.7. The predicted molar refractivity (Wildman–Crippen MR) is 134 cm³/mol. The number of hydrogen-bond acceptors (Lipinski definition) is 6. The largest absolute Gasteiger partial charge is 0.392 e. The van der Waals surface area contributed by atoms with Crippen molar-refractivity contribution in [1.82, 2.24) is 9.80 Å². The zero-order chi connectivity index (χ0) is 26.2. The van der Waals surface area contributed by atoms with Gasteiger partial charge in [-0.05, 0) is 67.2 Å². The summed E-state index contributed by atoms with van der Waals surface area (Å²) in [5, 5.41) is 32.9. The number of benzene rings is 2. The van der Waals surface area contributed by atoms with Crippen molar-refractivity contribution in [3.8, 4) is 6.07 Å². The topological polar surface area (TPSA) is 123 Å². The number of halogens is 1. The van der Waals surface area contributed by atoms with Gasteiger partial charge in [0, 0.05) is 44.4 Å². The molecule has 3 aliphatic rings. The number of hydrogen-bond donors (Lipinski definition) is 2. The Morgan fingerprint density at radius 2 is 2.16 bits per heavy atom. The fraction of sp³-hybridized carbons (Fsp3) is 0.481. The Kier molecular flexibility index (Phi) is 6.84. The van der Waals surface area contributed by atoms with Crippen LogP contribution in [-0.2, 0) is 5.41 Å². The SMILES string of the molecule is N#Cc1cccc([C@]23CC[C@@H](N(CCN4CC[C@@H](O)C4)C(=O)Nc4cc([N+](=O)[O-])ccc4F)CC2C3)c1. The Balaban J connectivity index is 1.32. The summed E-state index contributed by atoms with van der Waals surface area (Å²) in [6, 6.07) is 12.5. The van der Waals surface area contributed by atoms with Crippen LogP contribution < -0.4 is 5.32 Å². The zero-order valence-electron chi connectivity index (χ0n) is 20.5. The van der Waals surface area contributed by atoms with E-state index in [0.717, 1.165) is 50.4 Å². The first kappa shape index (κ1) is 25.1. The molecule has 2 saturated carbocycles. The molecular formula is C27H30FN5O4. The summed E-state index contributed by atoms with van der Waals surface area (Å²) in [6.45, 7) is 2.30. The molecule has 0 bridgehead atoms. The lowest BCUT2D eigenvalue weighted by Gasteiger charge is -2.37. The molecule has 9 nitrogen and oxygen atoms in total. The highest BCUT2D eigenvalue weighted by molar-refractivity contribution is 5.90. The van der Waals surface area contributed by atoms with E-state index in [1.54, 1.807) is 11.0 Å². The lowest BCUT2D eigenvalue weighted by molar-refractivity contribution is -0.384. The number of anilines is 1. The van der Waals surface area contributed by atoms with E-state index in [2.05, 4.69) is 22.4 Å². The Labute approximate surface area is 214 Å². The standard InChI is InChI=1S/C27H30FN5O4/c28-24-5-4-22(33(36)37)14-25(24)30-26(35)32(11-10-31-9-7-23(34)17-31)21-6-8-27(15-20(27)13-21)19-3-1-2-18(12-19)16-29/h1-5,12,14,20-21,23,34H,6-11,13,15,17H2,(H,30,35)/t20?,21-,23-,27-/m1/s1. The molecule has 194 valence electrons. The lowest BCUT2D eigenvalue weighted by Crippen LogP contribution is -2.48. The van der Waals surface area contributed by atoms with Crippen LogP contribution in [0.2, 0.25) is 0 Å². The summed E-state index contributed by atoms with van der Waals surface area (Å²) >= 11 is 0. The van der Waals surface area contributed by atoms with Crippen molar-refractivity contribution >= 4 is 17.4 Å². The molecule has 37 heavy (non-hydrogen) atoms. The van der Waals surface area contributed by atoms with Crippen molar-refractivity contribution in [2.45, 2.75) is 49.7 Å². The number of aliphatic hydroxyl groups excluding tert-OH is 1. The van der Waals surface area contributed by atoms with Gasteiger partial charge < -0.3 is 15.3 Å². The van der Waals surface area contributed by atoms with Gasteiger partial charge in [0.05, 0.1) is 28.3 Å². The number of carbonyl (C=O) groups excluding carboxylic acids is 1. The van der Waals surface area contributed by atoms with Crippen molar-refractivity contribution in [2.24, 2.45) is 5.92 Å². The van der Waals surface area contributed by atoms with E-state index in [0.29, 0.717) is 37.5 Å². The van der Waals surface area contributed by atoms with Crippen LogP contribution in [-0.4, -0.2) is 64.2 Å². The number of amides is 2. The fourth-order valence-corrected chi connectivity index (χ4v) is 6.17. The normalized spacial score (nSPS) is 26.7. The van der Waals surface area contributed by atoms with Gasteiger partial charge in [-0.3, -0.25) is 15.0 Å². The number of carbonyl (C=O) groups is 1.